The van der Waals surface area contributed by atoms with Crippen LogP contribution >= 0.6 is 0 Å². The van der Waals surface area contributed by atoms with Crippen LogP contribution in [-0.2, 0) is 0 Å². The molecule has 0 bridgehead atoms. The van der Waals surface area contributed by atoms with E-state index in [1.807, 2.05) is 0 Å². The van der Waals surface area contributed by atoms with Gasteiger partial charge in [-0.25, -0.2) is 0 Å². The van der Waals surface area contributed by atoms with Gasteiger partial charge in [-0.3, -0.25) is 0 Å². The van der Waals surface area contributed by atoms with E-state index in [0.717, 1.165) is 0 Å². The van der Waals surface area contributed by atoms with Crippen LogP contribution in [0.5, 0.6) is 0 Å². The first-order valence-corrected chi connectivity index (χ1v) is 21.7. The summed E-state index contributed by atoms with van der Waals surface area (Å²) >= 11 is 1.83. The number of benzene rings is 10. The molecule has 11 rings (SSSR count). The van der Waals surface area contributed by atoms with E-state index in [9.17, 15) is 0 Å². The van der Waals surface area contributed by atoms with Gasteiger partial charge in [-0.1, -0.05) is 6.07 Å². The summed E-state index contributed by atoms with van der Waals surface area (Å²) in [6.45, 7) is 0. The average molecular weight is 801 g/mol. The number of rotatable bonds is 4. The van der Waals surface area contributed by atoms with Crippen molar-refractivity contribution in [2.75, 3.05) is 0 Å². The molecule has 1 aliphatic heterocycles. The molecular weight excluding hydrogens is 770 g/mol. The van der Waals surface area contributed by atoms with E-state index in [0.29, 0.717) is 0 Å². The zero-order chi connectivity index (χ0) is 35.8. The maximum atomic E-state index is 2.51. The molecule has 54 heavy (non-hydrogen) atoms. The molecule has 10 aromatic carbocycles. The van der Waals surface area contributed by atoms with Crippen LogP contribution in [0.4, 0.5) is 0 Å². The van der Waals surface area contributed by atoms with Gasteiger partial charge < -0.3 is 0 Å². The summed E-state index contributed by atoms with van der Waals surface area (Å²) in [5, 5.41) is 10.2. The molecule has 5 radical (unpaired) electrons. The van der Waals surface area contributed by atoms with E-state index in [2.05, 4.69) is 205 Å². The van der Waals surface area contributed by atoms with Gasteiger partial charge in [0.2, 0.25) is 0 Å². The number of hydrogen-bond donors (Lipinski definition) is 0. The molecule has 0 amide bonds. The van der Waals surface area contributed by atoms with Gasteiger partial charge in [0, 0.05) is 0 Å². The molecule has 247 valence electrons. The number of hydrogen-bond acceptors (Lipinski definition) is 0. The molecule has 0 unspecified atom stereocenters. The van der Waals surface area contributed by atoms with Gasteiger partial charge in [0.25, 0.3) is 0 Å². The van der Waals surface area contributed by atoms with E-state index in [1.165, 1.54) is 112 Å². The molecule has 10 aromatic rings. The quantitative estimate of drug-likeness (QED) is 0.0945. The Hall–Kier alpha value is -5.67. The average Bonchev–Trinajstić information content (AvgIpc) is 3.62. The molecule has 0 nitrogen and oxygen atoms in total. The van der Waals surface area contributed by atoms with E-state index in [-0.39, 0.29) is 15.4 Å². The second kappa shape index (κ2) is 12.7. The summed E-state index contributed by atoms with van der Waals surface area (Å²) in [4.78, 5) is 0. The minimum atomic E-state index is -0.388. The normalized spacial score (nSPS) is 12.1. The van der Waals surface area contributed by atoms with Gasteiger partial charge in [-0.2, -0.15) is 0 Å². The van der Waals surface area contributed by atoms with E-state index < -0.39 is 0 Å². The van der Waals surface area contributed by atoms with Crippen molar-refractivity contribution in [2.45, 2.75) is 0 Å². The fourth-order valence-electron chi connectivity index (χ4n) is 8.98. The maximum absolute atomic E-state index is 2.51. The van der Waals surface area contributed by atoms with Crippen molar-refractivity contribution in [3.8, 4) is 55.6 Å². The van der Waals surface area contributed by atoms with Crippen LogP contribution in [0, 0.1) is 0 Å². The predicted octanol–water partition coefficient (Wildman–Crippen LogP) is 11.4. The zero-order valence-electron chi connectivity index (χ0n) is 29.4. The topological polar surface area (TPSA) is 0 Å². The molecule has 0 fully saturated rings. The van der Waals surface area contributed by atoms with Crippen LogP contribution in [0.3, 0.4) is 0 Å². The summed E-state index contributed by atoms with van der Waals surface area (Å²) < 4.78 is 4.34. The first-order valence-electron chi connectivity index (χ1n) is 18.5. The Morgan fingerprint density at radius 3 is 1.54 bits per heavy atom. The molecule has 0 spiro atoms. The second-order valence-electron chi connectivity index (χ2n) is 14.2. The monoisotopic (exact) mass is 803 g/mol. The fourth-order valence-corrected chi connectivity index (χ4v) is 12.6. The van der Waals surface area contributed by atoms with Crippen molar-refractivity contribution in [3.63, 3.8) is 0 Å². The Morgan fingerprint density at radius 2 is 0.778 bits per heavy atom. The van der Waals surface area contributed by atoms with Gasteiger partial charge in [-0.05, 0) is 0 Å². The van der Waals surface area contributed by atoms with Crippen molar-refractivity contribution in [1.82, 2.24) is 0 Å². The molecule has 0 saturated heterocycles. The third-order valence-corrected chi connectivity index (χ3v) is 15.2. The molecular formula is C52H31Ge2. The predicted molar refractivity (Wildman–Crippen MR) is 234 cm³/mol. The SMILES string of the molecule is [Ge][c]1ccccc1-c1ccccc1-c1cccc2c(-c3cc4ccccc4c4ccccc34)c3cccc(-c4ccc[c]5c4-c4cccc[c]4[Ge]5)c3cc12. The molecule has 0 atom stereocenters. The Bertz CT molecular complexity index is 3150. The Balaban J connectivity index is 1.30. The fraction of sp³-hybridized carbons (Fsp3) is 0. The first-order chi connectivity index (χ1) is 26.7. The van der Waals surface area contributed by atoms with Crippen LogP contribution in [0.1, 0.15) is 0 Å². The zero-order valence-corrected chi connectivity index (χ0v) is 33.6. The Labute approximate surface area is 329 Å². The summed E-state index contributed by atoms with van der Waals surface area (Å²) in [6, 6.07) is 70.5. The van der Waals surface area contributed by atoms with Crippen LogP contribution in [0.15, 0.2) is 188 Å². The molecule has 2 heteroatoms. The molecule has 1 aliphatic rings. The second-order valence-corrected chi connectivity index (χ2v) is 18.1. The standard InChI is InChI=1S/C52H31Ge2/c53-48-27-9-7-20-40(48)36-18-5-4-17-35(36)37-22-11-24-42-45(37)31-46-39(41-26-13-29-50-52(41)44-21-8-10-28-49(44)54-50)23-12-25-43(46)51(42)47-30-32-14-1-2-15-33(32)34-16-3-6-19-38(34)47/h1-31H. The van der Waals surface area contributed by atoms with Gasteiger partial charge in [-0.15, -0.1) is 0 Å². The first kappa shape index (κ1) is 31.8. The minimum absolute atomic E-state index is 0.388. The summed E-state index contributed by atoms with van der Waals surface area (Å²) in [5.41, 5.74) is 13.1. The van der Waals surface area contributed by atoms with Gasteiger partial charge in [0.15, 0.2) is 0 Å². The van der Waals surface area contributed by atoms with Gasteiger partial charge in [0.1, 0.15) is 0 Å². The van der Waals surface area contributed by atoms with Crippen molar-refractivity contribution in [3.05, 3.63) is 188 Å². The van der Waals surface area contributed by atoms with Crippen molar-refractivity contribution in [2.24, 2.45) is 0 Å². The van der Waals surface area contributed by atoms with Crippen LogP contribution in [-0.4, -0.2) is 31.9 Å². The molecule has 0 N–H and O–H groups in total. The third-order valence-electron chi connectivity index (χ3n) is 11.3. The Kier molecular flexibility index (Phi) is 7.50. The van der Waals surface area contributed by atoms with Crippen LogP contribution < -0.4 is 13.2 Å². The molecule has 0 saturated carbocycles. The van der Waals surface area contributed by atoms with Crippen molar-refractivity contribution in [1.29, 1.82) is 0 Å². The number of fused-ring (bicyclic) bond motifs is 8. The Morgan fingerprint density at radius 1 is 0.278 bits per heavy atom. The molecule has 0 aromatic heterocycles. The van der Waals surface area contributed by atoms with Crippen LogP contribution in [0.25, 0.3) is 98.7 Å². The van der Waals surface area contributed by atoms with Crippen molar-refractivity contribution >= 4 is 88.2 Å². The molecule has 0 aliphatic carbocycles. The van der Waals surface area contributed by atoms with Gasteiger partial charge >= 0.3 is 326 Å². The summed E-state index contributed by atoms with van der Waals surface area (Å²) in [7, 11) is 0. The van der Waals surface area contributed by atoms with E-state index in [4.69, 9.17) is 0 Å². The van der Waals surface area contributed by atoms with Crippen molar-refractivity contribution < 1.29 is 0 Å². The third kappa shape index (κ3) is 4.90. The summed E-state index contributed by atoms with van der Waals surface area (Å²) in [5.74, 6) is 0. The van der Waals surface area contributed by atoms with E-state index >= 15 is 0 Å². The summed E-state index contributed by atoms with van der Waals surface area (Å²) in [6.07, 6.45) is 0. The van der Waals surface area contributed by atoms with Gasteiger partial charge in [0.05, 0.1) is 0 Å². The molecule has 1 heterocycles. The van der Waals surface area contributed by atoms with E-state index in [1.54, 1.807) is 0 Å². The van der Waals surface area contributed by atoms with Crippen LogP contribution in [0.2, 0.25) is 0 Å².